The van der Waals surface area contributed by atoms with Crippen molar-refractivity contribution in [3.05, 3.63) is 144 Å². The van der Waals surface area contributed by atoms with Crippen LogP contribution < -0.4 is 16.0 Å². The van der Waals surface area contributed by atoms with Crippen molar-refractivity contribution in [1.82, 2.24) is 30.7 Å². The monoisotopic (exact) mass is 598 g/mol. The largest absolute Gasteiger partial charge is 0.387 e. The van der Waals surface area contributed by atoms with Crippen LogP contribution in [-0.4, -0.2) is 40.3 Å². The minimum Gasteiger partial charge on any atom is -0.387 e. The smallest absolute Gasteiger partial charge is 0.223 e. The number of piperidine rings is 1. The van der Waals surface area contributed by atoms with Crippen LogP contribution in [0.25, 0.3) is 10.8 Å². The lowest BCUT2D eigenvalue weighted by atomic mass is 9.95. The van der Waals surface area contributed by atoms with E-state index in [9.17, 15) is 4.79 Å². The fraction of sp³-hybridized carbons (Fsp3) is 0.289. The van der Waals surface area contributed by atoms with Gasteiger partial charge in [-0.3, -0.25) is 4.79 Å². The maximum atomic E-state index is 13.8. The Kier molecular flexibility index (Phi) is 9.97. The number of hydrogen-bond donors (Lipinski definition) is 3. The van der Waals surface area contributed by atoms with Gasteiger partial charge < -0.3 is 20.5 Å². The molecule has 1 atom stereocenters. The van der Waals surface area contributed by atoms with Crippen LogP contribution >= 0.6 is 0 Å². The van der Waals surface area contributed by atoms with E-state index in [0.29, 0.717) is 19.5 Å². The van der Waals surface area contributed by atoms with Gasteiger partial charge in [-0.05, 0) is 65.4 Å². The molecule has 3 aromatic carbocycles. The van der Waals surface area contributed by atoms with Gasteiger partial charge in [-0.25, -0.2) is 0 Å². The number of hydrogen-bond acceptors (Lipinski definition) is 5. The van der Waals surface area contributed by atoms with Crippen molar-refractivity contribution in [3.8, 4) is 0 Å². The van der Waals surface area contributed by atoms with Gasteiger partial charge in [0.25, 0.3) is 0 Å². The van der Waals surface area contributed by atoms with Crippen molar-refractivity contribution in [2.75, 3.05) is 19.6 Å². The maximum Gasteiger partial charge on any atom is 0.223 e. The number of carbonyl (C=O) groups is 1. The Morgan fingerprint density at radius 3 is 2.62 bits per heavy atom. The first-order valence-electron chi connectivity index (χ1n) is 16.0. The highest BCUT2D eigenvalue weighted by atomic mass is 16.2. The number of amides is 1. The van der Waals surface area contributed by atoms with Gasteiger partial charge in [-0.15, -0.1) is 10.2 Å². The van der Waals surface area contributed by atoms with Crippen LogP contribution in [0.5, 0.6) is 0 Å². The molecule has 2 aliphatic heterocycles. The van der Waals surface area contributed by atoms with E-state index in [1.165, 1.54) is 21.9 Å². The molecule has 4 aromatic rings. The van der Waals surface area contributed by atoms with E-state index in [0.717, 1.165) is 61.6 Å². The molecule has 7 heteroatoms. The zero-order valence-corrected chi connectivity index (χ0v) is 25.8. The summed E-state index contributed by atoms with van der Waals surface area (Å²) in [4.78, 5) is 13.8. The Morgan fingerprint density at radius 2 is 1.76 bits per heavy atom. The lowest BCUT2D eigenvalue weighted by Gasteiger charge is -2.26. The quantitative estimate of drug-likeness (QED) is 0.210. The summed E-state index contributed by atoms with van der Waals surface area (Å²) < 4.78 is 2.24. The molecular formula is C38H42N6O. The second-order valence-corrected chi connectivity index (χ2v) is 11.9. The summed E-state index contributed by atoms with van der Waals surface area (Å²) in [7, 11) is 0. The van der Waals surface area contributed by atoms with Gasteiger partial charge in [0.05, 0.1) is 12.6 Å². The normalized spacial score (nSPS) is 17.8. The number of fused-ring (bicyclic) bond motifs is 1. The number of nitrogens with zero attached hydrogens (tertiary/aromatic N) is 3. The fourth-order valence-electron chi connectivity index (χ4n) is 6.22. The molecule has 0 radical (unpaired) electrons. The summed E-state index contributed by atoms with van der Waals surface area (Å²) in [6.45, 7) is 7.39. The predicted molar refractivity (Wildman–Crippen MR) is 182 cm³/mol. The van der Waals surface area contributed by atoms with Gasteiger partial charge in [0.15, 0.2) is 5.82 Å². The van der Waals surface area contributed by atoms with Crippen molar-refractivity contribution in [3.63, 3.8) is 0 Å². The van der Waals surface area contributed by atoms with Gasteiger partial charge in [0, 0.05) is 31.5 Å². The van der Waals surface area contributed by atoms with Crippen LogP contribution in [0.1, 0.15) is 48.1 Å². The molecule has 1 aromatic heterocycles. The second-order valence-electron chi connectivity index (χ2n) is 11.9. The van der Waals surface area contributed by atoms with E-state index < -0.39 is 0 Å². The first kappa shape index (κ1) is 30.3. The Hall–Kier alpha value is -4.75. The number of carbonyl (C=O) groups excluding carboxylic acids is 1. The van der Waals surface area contributed by atoms with Crippen LogP contribution in [0.4, 0.5) is 0 Å². The average molecular weight is 599 g/mol. The topological polar surface area (TPSA) is 83.9 Å². The molecule has 1 saturated heterocycles. The molecule has 1 fully saturated rings. The van der Waals surface area contributed by atoms with Crippen molar-refractivity contribution in [2.24, 2.45) is 5.92 Å². The van der Waals surface area contributed by atoms with E-state index >= 15 is 0 Å². The third kappa shape index (κ3) is 7.67. The van der Waals surface area contributed by atoms with Gasteiger partial charge in [-0.2, -0.15) is 0 Å². The molecule has 7 nitrogen and oxygen atoms in total. The number of aryl methyl sites for hydroxylation is 2. The van der Waals surface area contributed by atoms with Crippen LogP contribution in [0.15, 0.2) is 121 Å². The van der Waals surface area contributed by atoms with E-state index in [1.54, 1.807) is 0 Å². The SMILES string of the molecule is C=C1/C=C\C=C/CNC=C1C[C@@H](NC(=O)C1CCNCC1)c1nnc(CCc2ccccc2)n1Cc1cccc2ccccc12. The van der Waals surface area contributed by atoms with Gasteiger partial charge in [-0.1, -0.05) is 104 Å². The third-order valence-corrected chi connectivity index (χ3v) is 8.78. The Labute approximate surface area is 265 Å². The summed E-state index contributed by atoms with van der Waals surface area (Å²) in [6.07, 6.45) is 13.9. The highest BCUT2D eigenvalue weighted by molar-refractivity contribution is 5.85. The van der Waals surface area contributed by atoms with Crippen LogP contribution in [-0.2, 0) is 24.2 Å². The summed E-state index contributed by atoms with van der Waals surface area (Å²) in [5.41, 5.74) is 4.38. The number of aromatic nitrogens is 3. The van der Waals surface area contributed by atoms with Crippen LogP contribution in [0, 0.1) is 5.92 Å². The van der Waals surface area contributed by atoms with Crippen molar-refractivity contribution in [2.45, 2.75) is 44.7 Å². The lowest BCUT2D eigenvalue weighted by molar-refractivity contribution is -0.126. The summed E-state index contributed by atoms with van der Waals surface area (Å²) >= 11 is 0. The molecule has 6 rings (SSSR count). The molecule has 3 heterocycles. The summed E-state index contributed by atoms with van der Waals surface area (Å²) in [6, 6.07) is 25.0. The minimum atomic E-state index is -0.382. The van der Waals surface area contributed by atoms with Crippen LogP contribution in [0.2, 0.25) is 0 Å². The lowest BCUT2D eigenvalue weighted by Crippen LogP contribution is -2.40. The number of rotatable bonds is 10. The molecule has 230 valence electrons. The first-order chi connectivity index (χ1) is 22.2. The van der Waals surface area contributed by atoms with E-state index in [-0.39, 0.29) is 17.9 Å². The highest BCUT2D eigenvalue weighted by Gasteiger charge is 2.29. The molecule has 2 aliphatic rings. The molecule has 1 amide bonds. The van der Waals surface area contributed by atoms with Crippen molar-refractivity contribution in [1.29, 1.82) is 0 Å². The molecule has 0 aliphatic carbocycles. The van der Waals surface area contributed by atoms with Crippen molar-refractivity contribution >= 4 is 16.7 Å². The summed E-state index contributed by atoms with van der Waals surface area (Å²) in [5.74, 6) is 1.73. The molecule has 0 unspecified atom stereocenters. The third-order valence-electron chi connectivity index (χ3n) is 8.78. The minimum absolute atomic E-state index is 0.0272. The Morgan fingerprint density at radius 1 is 0.956 bits per heavy atom. The molecule has 0 saturated carbocycles. The highest BCUT2D eigenvalue weighted by Crippen LogP contribution is 2.29. The first-order valence-corrected chi connectivity index (χ1v) is 16.0. The molecule has 45 heavy (non-hydrogen) atoms. The second kappa shape index (κ2) is 14.8. The number of nitrogens with one attached hydrogen (secondary N) is 3. The fourth-order valence-corrected chi connectivity index (χ4v) is 6.22. The Bertz CT molecular complexity index is 1710. The van der Waals surface area contributed by atoms with E-state index in [1.807, 2.05) is 30.5 Å². The van der Waals surface area contributed by atoms with Gasteiger partial charge in [0.2, 0.25) is 5.91 Å². The molecule has 3 N–H and O–H groups in total. The average Bonchev–Trinajstić information content (AvgIpc) is 3.52. The zero-order valence-electron chi connectivity index (χ0n) is 25.8. The van der Waals surface area contributed by atoms with Gasteiger partial charge >= 0.3 is 0 Å². The summed E-state index contributed by atoms with van der Waals surface area (Å²) in [5, 5.41) is 22.2. The maximum absolute atomic E-state index is 13.8. The molecule has 0 spiro atoms. The number of benzene rings is 3. The molecule has 0 bridgehead atoms. The van der Waals surface area contributed by atoms with E-state index in [4.69, 9.17) is 10.2 Å². The van der Waals surface area contributed by atoms with Crippen molar-refractivity contribution < 1.29 is 4.79 Å². The van der Waals surface area contributed by atoms with E-state index in [2.05, 4.69) is 99.9 Å². The zero-order chi connectivity index (χ0) is 30.8. The standard InChI is InChI=1S/C38H42N6O/c1-28-11-4-3-9-22-40-26-33(28)25-35(41-38(45)31-20-23-39-24-21-31)37-43-42-36(19-18-29-12-5-2-6-13-29)44(37)27-32-16-10-15-30-14-7-8-17-34(30)32/h2-17,26,31,35,39-40H,1,18-25,27H2,(H,41,45)/b9-3-,11-4-,33-26?/t35-/m1/s1. The number of allylic oxidation sites excluding steroid dienone is 4. The predicted octanol–water partition coefficient (Wildman–Crippen LogP) is 5.97. The Balaban J connectivity index is 1.39. The molecular weight excluding hydrogens is 556 g/mol. The van der Waals surface area contributed by atoms with Crippen LogP contribution in [0.3, 0.4) is 0 Å². The van der Waals surface area contributed by atoms with Gasteiger partial charge in [0.1, 0.15) is 5.82 Å².